The third-order valence-electron chi connectivity index (χ3n) is 4.72. The van der Waals surface area contributed by atoms with Crippen LogP contribution in [0.15, 0.2) is 24.3 Å². The fraction of sp³-hybridized carbons (Fsp3) is 0.409. The van der Waals surface area contributed by atoms with Gasteiger partial charge in [-0.15, -0.1) is 11.3 Å². The first-order valence-corrected chi connectivity index (χ1v) is 11.3. The summed E-state index contributed by atoms with van der Waals surface area (Å²) < 4.78 is 5.72. The fourth-order valence-corrected chi connectivity index (χ4v) is 4.25. The van der Waals surface area contributed by atoms with Crippen molar-refractivity contribution >= 4 is 45.5 Å². The van der Waals surface area contributed by atoms with E-state index in [0.29, 0.717) is 22.7 Å². The Morgan fingerprint density at radius 1 is 1.10 bits per heavy atom. The summed E-state index contributed by atoms with van der Waals surface area (Å²) in [7, 11) is 0. The van der Waals surface area contributed by atoms with Crippen LogP contribution in [0.2, 0.25) is 0 Å². The molecule has 1 aromatic carbocycles. The summed E-state index contributed by atoms with van der Waals surface area (Å²) in [5.74, 6) is -0.142. The first kappa shape index (κ1) is 23.8. The van der Waals surface area contributed by atoms with Gasteiger partial charge in [-0.2, -0.15) is 0 Å². The van der Waals surface area contributed by atoms with Gasteiger partial charge in [0.25, 0.3) is 11.8 Å². The van der Waals surface area contributed by atoms with Crippen molar-refractivity contribution in [2.24, 2.45) is 5.73 Å². The SMILES string of the molecule is CCCCCCCOc1ccc(C(=O)NC(=S)Nc2sc(C)c(C)c2C(N)=O)cc1. The van der Waals surface area contributed by atoms with Gasteiger partial charge in [-0.3, -0.25) is 14.9 Å². The minimum atomic E-state index is -0.533. The number of anilines is 1. The third-order valence-corrected chi connectivity index (χ3v) is 6.05. The number of hydrogen-bond acceptors (Lipinski definition) is 5. The Morgan fingerprint density at radius 3 is 2.40 bits per heavy atom. The van der Waals surface area contributed by atoms with E-state index in [4.69, 9.17) is 22.7 Å². The maximum Gasteiger partial charge on any atom is 0.257 e. The molecule has 0 fully saturated rings. The minimum Gasteiger partial charge on any atom is -0.494 e. The van der Waals surface area contributed by atoms with Crippen LogP contribution in [0.4, 0.5) is 5.00 Å². The average molecular weight is 448 g/mol. The van der Waals surface area contributed by atoms with Crippen LogP contribution in [0.5, 0.6) is 5.75 Å². The normalized spacial score (nSPS) is 10.5. The number of aryl methyl sites for hydroxylation is 1. The number of carbonyl (C=O) groups excluding carboxylic acids is 2. The van der Waals surface area contributed by atoms with E-state index >= 15 is 0 Å². The average Bonchev–Trinajstić information content (AvgIpc) is 2.98. The molecular formula is C22H29N3O3S2. The van der Waals surface area contributed by atoms with Crippen LogP contribution >= 0.6 is 23.6 Å². The highest BCUT2D eigenvalue weighted by Gasteiger charge is 2.18. The molecule has 162 valence electrons. The monoisotopic (exact) mass is 447 g/mol. The number of nitrogens with two attached hydrogens (primary N) is 1. The van der Waals surface area contributed by atoms with Gasteiger partial charge in [-0.05, 0) is 62.3 Å². The van der Waals surface area contributed by atoms with E-state index in [1.165, 1.54) is 37.0 Å². The lowest BCUT2D eigenvalue weighted by molar-refractivity contribution is 0.0975. The van der Waals surface area contributed by atoms with Gasteiger partial charge in [0.15, 0.2) is 5.11 Å². The molecule has 6 nitrogen and oxygen atoms in total. The highest BCUT2D eigenvalue weighted by Crippen LogP contribution is 2.31. The number of ether oxygens (including phenoxy) is 1. The van der Waals surface area contributed by atoms with Crippen LogP contribution in [-0.2, 0) is 0 Å². The van der Waals surface area contributed by atoms with Gasteiger partial charge in [0.05, 0.1) is 12.2 Å². The molecule has 2 aromatic rings. The van der Waals surface area contributed by atoms with Crippen molar-refractivity contribution in [2.75, 3.05) is 11.9 Å². The Labute approximate surface area is 187 Å². The lowest BCUT2D eigenvalue weighted by atomic mass is 10.1. The first-order chi connectivity index (χ1) is 14.3. The Hall–Kier alpha value is -2.45. The Balaban J connectivity index is 1.86. The maximum atomic E-state index is 12.4. The molecule has 0 aliphatic rings. The highest BCUT2D eigenvalue weighted by atomic mass is 32.1. The highest BCUT2D eigenvalue weighted by molar-refractivity contribution is 7.80. The molecule has 0 saturated carbocycles. The quantitative estimate of drug-likeness (QED) is 0.354. The summed E-state index contributed by atoms with van der Waals surface area (Å²) in [6.07, 6.45) is 5.91. The molecule has 0 atom stereocenters. The molecule has 0 aliphatic carbocycles. The second kappa shape index (κ2) is 11.7. The lowest BCUT2D eigenvalue weighted by Crippen LogP contribution is -2.34. The van der Waals surface area contributed by atoms with Crippen LogP contribution in [-0.4, -0.2) is 23.5 Å². The molecule has 2 rings (SSSR count). The number of benzene rings is 1. The van der Waals surface area contributed by atoms with Crippen molar-refractivity contribution in [2.45, 2.75) is 52.9 Å². The molecule has 0 spiro atoms. The summed E-state index contributed by atoms with van der Waals surface area (Å²) in [4.78, 5) is 25.1. The predicted octanol–water partition coefficient (Wildman–Crippen LogP) is 4.94. The smallest absolute Gasteiger partial charge is 0.257 e. The van der Waals surface area contributed by atoms with Gasteiger partial charge < -0.3 is 15.8 Å². The molecule has 0 bridgehead atoms. The maximum absolute atomic E-state index is 12.4. The minimum absolute atomic E-state index is 0.108. The number of primary amides is 1. The topological polar surface area (TPSA) is 93.4 Å². The summed E-state index contributed by atoms with van der Waals surface area (Å²) >= 11 is 6.59. The number of amides is 2. The number of carbonyl (C=O) groups is 2. The van der Waals surface area contributed by atoms with E-state index in [-0.39, 0.29) is 11.0 Å². The van der Waals surface area contributed by atoms with Crippen LogP contribution in [0.25, 0.3) is 0 Å². The lowest BCUT2D eigenvalue weighted by Gasteiger charge is -2.10. The van der Waals surface area contributed by atoms with Crippen LogP contribution in [0.1, 0.15) is 70.2 Å². The summed E-state index contributed by atoms with van der Waals surface area (Å²) in [6, 6.07) is 6.93. The molecule has 1 aromatic heterocycles. The second-order valence-electron chi connectivity index (χ2n) is 7.05. The second-order valence-corrected chi connectivity index (χ2v) is 8.68. The Morgan fingerprint density at radius 2 is 1.77 bits per heavy atom. The largest absolute Gasteiger partial charge is 0.494 e. The van der Waals surface area contributed by atoms with Gasteiger partial charge in [0, 0.05) is 10.4 Å². The van der Waals surface area contributed by atoms with E-state index in [0.717, 1.165) is 22.6 Å². The number of hydrogen-bond donors (Lipinski definition) is 3. The molecule has 0 unspecified atom stereocenters. The number of thiocarbonyl (C=S) groups is 1. The summed E-state index contributed by atoms with van der Waals surface area (Å²) in [5.41, 5.74) is 7.13. The van der Waals surface area contributed by atoms with Crippen molar-refractivity contribution < 1.29 is 14.3 Å². The van der Waals surface area contributed by atoms with Gasteiger partial charge in [-0.1, -0.05) is 32.6 Å². The molecular weight excluding hydrogens is 418 g/mol. The van der Waals surface area contributed by atoms with Crippen molar-refractivity contribution in [1.82, 2.24) is 5.32 Å². The van der Waals surface area contributed by atoms with Crippen molar-refractivity contribution in [3.05, 3.63) is 45.8 Å². The fourth-order valence-electron chi connectivity index (χ4n) is 2.92. The zero-order valence-corrected chi connectivity index (χ0v) is 19.3. The standard InChI is InChI=1S/C22H29N3O3S2/c1-4-5-6-7-8-13-28-17-11-9-16(10-12-17)20(27)24-22(29)25-21-18(19(23)26)14(2)15(3)30-21/h9-12H,4-8,13H2,1-3H3,(H2,23,26)(H2,24,25,27,29). The zero-order valence-electron chi connectivity index (χ0n) is 17.7. The van der Waals surface area contributed by atoms with Crippen LogP contribution in [0, 0.1) is 13.8 Å². The summed E-state index contributed by atoms with van der Waals surface area (Å²) in [5, 5.41) is 6.17. The van der Waals surface area contributed by atoms with Crippen LogP contribution in [0.3, 0.4) is 0 Å². The molecule has 4 N–H and O–H groups in total. The van der Waals surface area contributed by atoms with E-state index in [1.807, 2.05) is 13.8 Å². The number of rotatable bonds is 10. The van der Waals surface area contributed by atoms with Crippen molar-refractivity contribution in [3.63, 3.8) is 0 Å². The molecule has 1 heterocycles. The van der Waals surface area contributed by atoms with Gasteiger partial charge >= 0.3 is 0 Å². The zero-order chi connectivity index (χ0) is 22.1. The molecule has 0 aliphatic heterocycles. The van der Waals surface area contributed by atoms with Gasteiger partial charge in [-0.25, -0.2) is 0 Å². The van der Waals surface area contributed by atoms with Gasteiger partial charge in [0.2, 0.25) is 0 Å². The van der Waals surface area contributed by atoms with Gasteiger partial charge in [0.1, 0.15) is 10.8 Å². The Kier molecular flexibility index (Phi) is 9.26. The first-order valence-electron chi connectivity index (χ1n) is 10.1. The third kappa shape index (κ3) is 6.81. The molecule has 8 heteroatoms. The van der Waals surface area contributed by atoms with E-state index in [2.05, 4.69) is 17.6 Å². The molecule has 30 heavy (non-hydrogen) atoms. The van der Waals surface area contributed by atoms with E-state index in [1.54, 1.807) is 24.3 Å². The van der Waals surface area contributed by atoms with Crippen molar-refractivity contribution in [3.8, 4) is 5.75 Å². The molecule has 0 radical (unpaired) electrons. The molecule has 2 amide bonds. The predicted molar refractivity (Wildman–Crippen MR) is 127 cm³/mol. The summed E-state index contributed by atoms with van der Waals surface area (Å²) in [6.45, 7) is 6.59. The van der Waals surface area contributed by atoms with Crippen molar-refractivity contribution in [1.29, 1.82) is 0 Å². The van der Waals surface area contributed by atoms with E-state index in [9.17, 15) is 9.59 Å². The van der Waals surface area contributed by atoms with E-state index < -0.39 is 5.91 Å². The number of thiophene rings is 1. The number of nitrogens with one attached hydrogen (secondary N) is 2. The Bertz CT molecular complexity index is 892. The van der Waals surface area contributed by atoms with Crippen LogP contribution < -0.4 is 21.1 Å². The molecule has 0 saturated heterocycles. The number of unbranched alkanes of at least 4 members (excludes halogenated alkanes) is 4.